The fourth-order valence-electron chi connectivity index (χ4n) is 1.63. The van der Waals surface area contributed by atoms with Gasteiger partial charge in [-0.2, -0.15) is 0 Å². The third kappa shape index (κ3) is 2.08. The van der Waals surface area contributed by atoms with Gasteiger partial charge in [-0.15, -0.1) is 0 Å². The number of hydrogen-bond acceptors (Lipinski definition) is 4. The Morgan fingerprint density at radius 3 is 2.23 bits per heavy atom. The Hall–Kier alpha value is -0.420. The van der Waals surface area contributed by atoms with Gasteiger partial charge in [-0.1, -0.05) is 13.8 Å². The number of aliphatic hydroxyl groups excluding tert-OH is 1. The second kappa shape index (κ2) is 3.06. The summed E-state index contributed by atoms with van der Waals surface area (Å²) in [5, 5.41) is 9.45. The summed E-state index contributed by atoms with van der Waals surface area (Å²) < 4.78 is 22.3. The highest BCUT2D eigenvalue weighted by Gasteiger charge is 2.44. The molecule has 1 aliphatic heterocycles. The van der Waals surface area contributed by atoms with E-state index in [9.17, 15) is 18.3 Å². The van der Waals surface area contributed by atoms with Gasteiger partial charge in [-0.3, -0.25) is 0 Å². The van der Waals surface area contributed by atoms with Gasteiger partial charge in [-0.05, 0) is 0 Å². The minimum atomic E-state index is -3.15. The summed E-state index contributed by atoms with van der Waals surface area (Å²) in [6, 6.07) is 0. The van der Waals surface area contributed by atoms with Crippen LogP contribution in [0.2, 0.25) is 0 Å². The van der Waals surface area contributed by atoms with E-state index in [-0.39, 0.29) is 11.5 Å². The molecule has 0 spiro atoms. The molecule has 0 aromatic heterocycles. The second-order valence-corrected chi connectivity index (χ2v) is 6.34. The molecule has 0 radical (unpaired) electrons. The molecule has 13 heavy (non-hydrogen) atoms. The van der Waals surface area contributed by atoms with E-state index in [1.807, 2.05) is 0 Å². The van der Waals surface area contributed by atoms with E-state index >= 15 is 0 Å². The van der Waals surface area contributed by atoms with Gasteiger partial charge in [0.2, 0.25) is 0 Å². The average Bonchev–Trinajstić information content (AvgIpc) is 2.25. The predicted molar refractivity (Wildman–Crippen MR) is 48.0 cm³/mol. The maximum absolute atomic E-state index is 11.1. The Kier molecular flexibility index (Phi) is 2.51. The number of aliphatic hydroxyl groups is 1. The first kappa shape index (κ1) is 10.7. The Balaban J connectivity index is 2.91. The van der Waals surface area contributed by atoms with E-state index in [0.717, 1.165) is 0 Å². The molecule has 1 rings (SSSR count). The molecule has 0 unspecified atom stereocenters. The third-order valence-corrected chi connectivity index (χ3v) is 4.30. The lowest BCUT2D eigenvalue weighted by Crippen LogP contribution is -2.34. The van der Waals surface area contributed by atoms with Gasteiger partial charge in [0, 0.05) is 11.3 Å². The number of hydrogen-bond donors (Lipinski definition) is 1. The SMILES string of the molecule is CC(C)(C=O)[C@@H]1CS(=O)(=O)C[C@H]1O. The molecule has 0 bridgehead atoms. The van der Waals surface area contributed by atoms with Gasteiger partial charge >= 0.3 is 0 Å². The first-order valence-electron chi connectivity index (χ1n) is 4.13. The zero-order valence-corrected chi connectivity index (χ0v) is 8.54. The van der Waals surface area contributed by atoms with Crippen LogP contribution in [-0.2, 0) is 14.6 Å². The molecule has 76 valence electrons. The van der Waals surface area contributed by atoms with Gasteiger partial charge in [0.05, 0.1) is 17.6 Å². The van der Waals surface area contributed by atoms with E-state index in [1.54, 1.807) is 13.8 Å². The van der Waals surface area contributed by atoms with Crippen LogP contribution in [0.15, 0.2) is 0 Å². The molecule has 1 heterocycles. The predicted octanol–water partition coefficient (Wildman–Crippen LogP) is -0.383. The van der Waals surface area contributed by atoms with E-state index in [1.165, 1.54) is 0 Å². The zero-order chi connectivity index (χ0) is 10.3. The molecule has 1 saturated heterocycles. The highest BCUT2D eigenvalue weighted by atomic mass is 32.2. The summed E-state index contributed by atoms with van der Waals surface area (Å²) in [5.41, 5.74) is -0.761. The van der Waals surface area contributed by atoms with Crippen molar-refractivity contribution in [3.05, 3.63) is 0 Å². The third-order valence-electron chi connectivity index (χ3n) is 2.58. The summed E-state index contributed by atoms with van der Waals surface area (Å²) >= 11 is 0. The summed E-state index contributed by atoms with van der Waals surface area (Å²) in [7, 11) is -3.15. The maximum atomic E-state index is 11.1. The molecule has 4 nitrogen and oxygen atoms in total. The van der Waals surface area contributed by atoms with Gasteiger partial charge in [-0.25, -0.2) is 8.42 Å². The number of rotatable bonds is 2. The highest BCUT2D eigenvalue weighted by Crippen LogP contribution is 2.33. The smallest absolute Gasteiger partial charge is 0.153 e. The molecule has 1 N–H and O–H groups in total. The normalized spacial score (nSPS) is 33.2. The van der Waals surface area contributed by atoms with E-state index < -0.39 is 27.3 Å². The molecular formula is C8H14O4S. The molecule has 5 heteroatoms. The monoisotopic (exact) mass is 206 g/mol. The number of carbonyl (C=O) groups excluding carboxylic acids is 1. The molecule has 0 saturated carbocycles. The van der Waals surface area contributed by atoms with Crippen LogP contribution in [0, 0.1) is 11.3 Å². The van der Waals surface area contributed by atoms with Crippen molar-refractivity contribution in [3.8, 4) is 0 Å². The van der Waals surface area contributed by atoms with E-state index in [2.05, 4.69) is 0 Å². The van der Waals surface area contributed by atoms with Crippen LogP contribution in [0.4, 0.5) is 0 Å². The quantitative estimate of drug-likeness (QED) is 0.625. The van der Waals surface area contributed by atoms with Crippen molar-refractivity contribution in [1.29, 1.82) is 0 Å². The molecular weight excluding hydrogens is 192 g/mol. The van der Waals surface area contributed by atoms with Crippen molar-refractivity contribution in [1.82, 2.24) is 0 Å². The molecule has 1 fully saturated rings. The summed E-state index contributed by atoms with van der Waals surface area (Å²) in [5.74, 6) is -0.760. The largest absolute Gasteiger partial charge is 0.392 e. The molecule has 0 amide bonds. The van der Waals surface area contributed by atoms with Crippen LogP contribution in [0.25, 0.3) is 0 Å². The summed E-state index contributed by atoms with van der Waals surface area (Å²) in [4.78, 5) is 10.7. The minimum Gasteiger partial charge on any atom is -0.392 e. The summed E-state index contributed by atoms with van der Waals surface area (Å²) in [6.45, 7) is 3.30. The fourth-order valence-corrected chi connectivity index (χ4v) is 3.71. The number of carbonyl (C=O) groups is 1. The van der Waals surface area contributed by atoms with E-state index in [4.69, 9.17) is 0 Å². The first-order valence-corrected chi connectivity index (χ1v) is 5.95. The fraction of sp³-hybridized carbons (Fsp3) is 0.875. The standard InChI is InChI=1S/C8H14O4S/c1-8(2,5-9)6-3-13(11,12)4-7(6)10/h5-7,10H,3-4H2,1-2H3/t6-,7-/m1/s1. The molecule has 0 aromatic rings. The molecule has 0 aromatic carbocycles. The Labute approximate surface area is 77.9 Å². The van der Waals surface area contributed by atoms with Gasteiger partial charge < -0.3 is 9.90 Å². The van der Waals surface area contributed by atoms with Crippen molar-refractivity contribution in [2.75, 3.05) is 11.5 Å². The van der Waals surface area contributed by atoms with Crippen LogP contribution in [0.1, 0.15) is 13.8 Å². The highest BCUT2D eigenvalue weighted by molar-refractivity contribution is 7.91. The zero-order valence-electron chi connectivity index (χ0n) is 7.73. The minimum absolute atomic E-state index is 0.0834. The van der Waals surface area contributed by atoms with Gasteiger partial charge in [0.25, 0.3) is 0 Å². The summed E-state index contributed by atoms with van der Waals surface area (Å²) in [6.07, 6.45) is -0.188. The first-order chi connectivity index (χ1) is 5.78. The molecule has 0 aliphatic carbocycles. The van der Waals surface area contributed by atoms with Crippen molar-refractivity contribution in [2.24, 2.45) is 11.3 Å². The Morgan fingerprint density at radius 1 is 1.38 bits per heavy atom. The Morgan fingerprint density at radius 2 is 1.92 bits per heavy atom. The maximum Gasteiger partial charge on any atom is 0.153 e. The van der Waals surface area contributed by atoms with Gasteiger partial charge in [0.1, 0.15) is 6.29 Å². The molecule has 1 aliphatic rings. The topological polar surface area (TPSA) is 71.4 Å². The van der Waals surface area contributed by atoms with Crippen molar-refractivity contribution in [2.45, 2.75) is 20.0 Å². The van der Waals surface area contributed by atoms with Crippen LogP contribution in [0.3, 0.4) is 0 Å². The average molecular weight is 206 g/mol. The van der Waals surface area contributed by atoms with Crippen molar-refractivity contribution >= 4 is 16.1 Å². The van der Waals surface area contributed by atoms with Crippen molar-refractivity contribution in [3.63, 3.8) is 0 Å². The van der Waals surface area contributed by atoms with Crippen LogP contribution in [0.5, 0.6) is 0 Å². The lowest BCUT2D eigenvalue weighted by molar-refractivity contribution is -0.118. The lowest BCUT2D eigenvalue weighted by Gasteiger charge is -2.26. The number of sulfone groups is 1. The van der Waals surface area contributed by atoms with Crippen LogP contribution < -0.4 is 0 Å². The van der Waals surface area contributed by atoms with E-state index in [0.29, 0.717) is 6.29 Å². The van der Waals surface area contributed by atoms with Crippen LogP contribution >= 0.6 is 0 Å². The number of aldehydes is 1. The second-order valence-electron chi connectivity index (χ2n) is 4.19. The van der Waals surface area contributed by atoms with Gasteiger partial charge in [0.15, 0.2) is 9.84 Å². The molecule has 2 atom stereocenters. The van der Waals surface area contributed by atoms with Crippen molar-refractivity contribution < 1.29 is 18.3 Å². The lowest BCUT2D eigenvalue weighted by atomic mass is 9.79. The van der Waals surface area contributed by atoms with Crippen LogP contribution in [-0.4, -0.2) is 37.4 Å². The Bertz CT molecular complexity index is 304.